The zero-order valence-electron chi connectivity index (χ0n) is 6.95. The zero-order chi connectivity index (χ0) is 9.56. The number of carbonyl (C=O) groups is 2. The van der Waals surface area contributed by atoms with E-state index in [1.54, 1.807) is 0 Å². The van der Waals surface area contributed by atoms with Gasteiger partial charge in [-0.1, -0.05) is 6.92 Å². The molecule has 5 nitrogen and oxygen atoms in total. The van der Waals surface area contributed by atoms with E-state index in [9.17, 15) is 9.59 Å². The van der Waals surface area contributed by atoms with Gasteiger partial charge < -0.3 is 15.6 Å². The first-order valence-corrected chi connectivity index (χ1v) is 3.72. The molecule has 0 aliphatic heterocycles. The Labute approximate surface area is 70.5 Å². The van der Waals surface area contributed by atoms with Gasteiger partial charge in [-0.25, -0.2) is 0 Å². The first-order valence-electron chi connectivity index (χ1n) is 3.72. The van der Waals surface area contributed by atoms with Gasteiger partial charge in [0.05, 0.1) is 0 Å². The predicted molar refractivity (Wildman–Crippen MR) is 41.5 cm³/mol. The highest BCUT2D eigenvalue weighted by molar-refractivity contribution is 5.74. The van der Waals surface area contributed by atoms with Crippen LogP contribution in [0.1, 0.15) is 19.8 Å². The molecule has 0 fully saturated rings. The summed E-state index contributed by atoms with van der Waals surface area (Å²) < 4.78 is 4.56. The number of carboxylic acid groups (broad SMARTS) is 1. The molecule has 0 amide bonds. The molecular weight excluding hydrogens is 162 g/mol. The maximum Gasteiger partial charge on any atom is 0.324 e. The van der Waals surface area contributed by atoms with Gasteiger partial charge in [0.2, 0.25) is 0 Å². The van der Waals surface area contributed by atoms with Crippen molar-refractivity contribution in [2.45, 2.75) is 25.8 Å². The van der Waals surface area contributed by atoms with Crippen LogP contribution in [0, 0.1) is 0 Å². The lowest BCUT2D eigenvalue weighted by molar-refractivity contribution is -0.147. The SMILES string of the molecule is CCCC(=O)OCC(N)C(=O)O. The van der Waals surface area contributed by atoms with Crippen LogP contribution in [-0.4, -0.2) is 29.7 Å². The van der Waals surface area contributed by atoms with Crippen LogP contribution >= 0.6 is 0 Å². The Morgan fingerprint density at radius 2 is 2.17 bits per heavy atom. The fraction of sp³-hybridized carbons (Fsp3) is 0.714. The molecule has 0 aliphatic carbocycles. The Bertz CT molecular complexity index is 169. The standard InChI is InChI=1S/C7H13NO4/c1-2-3-6(9)12-4-5(8)7(10)11/h5H,2-4,8H2,1H3,(H,10,11). The lowest BCUT2D eigenvalue weighted by Gasteiger charge is -2.06. The topological polar surface area (TPSA) is 89.6 Å². The summed E-state index contributed by atoms with van der Waals surface area (Å²) in [6.45, 7) is 1.58. The van der Waals surface area contributed by atoms with Gasteiger partial charge in [-0.2, -0.15) is 0 Å². The smallest absolute Gasteiger partial charge is 0.324 e. The highest BCUT2D eigenvalue weighted by Crippen LogP contribution is 1.92. The minimum absolute atomic E-state index is 0.256. The van der Waals surface area contributed by atoms with Crippen molar-refractivity contribution in [2.24, 2.45) is 5.73 Å². The molecule has 1 unspecified atom stereocenters. The lowest BCUT2D eigenvalue weighted by atomic mass is 10.3. The number of nitrogens with two attached hydrogens (primary N) is 1. The number of aliphatic carboxylic acids is 1. The first kappa shape index (κ1) is 10.9. The lowest BCUT2D eigenvalue weighted by Crippen LogP contribution is -2.35. The summed E-state index contributed by atoms with van der Waals surface area (Å²) in [6, 6.07) is -1.12. The molecule has 70 valence electrons. The van der Waals surface area contributed by atoms with Crippen LogP contribution in [0.3, 0.4) is 0 Å². The van der Waals surface area contributed by atoms with Gasteiger partial charge in [0.1, 0.15) is 12.6 Å². The van der Waals surface area contributed by atoms with E-state index >= 15 is 0 Å². The maximum absolute atomic E-state index is 10.7. The van der Waals surface area contributed by atoms with Gasteiger partial charge in [0, 0.05) is 6.42 Å². The molecule has 0 radical (unpaired) electrons. The van der Waals surface area contributed by atoms with Crippen LogP contribution in [0.5, 0.6) is 0 Å². The van der Waals surface area contributed by atoms with E-state index in [2.05, 4.69) is 4.74 Å². The van der Waals surface area contributed by atoms with Crippen molar-refractivity contribution in [3.63, 3.8) is 0 Å². The maximum atomic E-state index is 10.7. The zero-order valence-corrected chi connectivity index (χ0v) is 6.95. The van der Waals surface area contributed by atoms with Crippen LogP contribution in [0.15, 0.2) is 0 Å². The molecule has 0 aliphatic rings. The molecule has 0 aromatic heterocycles. The summed E-state index contributed by atoms with van der Waals surface area (Å²) in [4.78, 5) is 20.9. The Hall–Kier alpha value is -1.10. The van der Waals surface area contributed by atoms with Crippen LogP contribution in [-0.2, 0) is 14.3 Å². The van der Waals surface area contributed by atoms with E-state index in [1.807, 2.05) is 6.92 Å². The molecule has 0 spiro atoms. The second-order valence-corrected chi connectivity index (χ2v) is 2.38. The number of hydrogen-bond acceptors (Lipinski definition) is 4. The van der Waals surface area contributed by atoms with Crippen molar-refractivity contribution < 1.29 is 19.4 Å². The molecule has 0 aromatic rings. The Morgan fingerprint density at radius 3 is 2.58 bits per heavy atom. The predicted octanol–water partition coefficient (Wildman–Crippen LogP) is -0.258. The van der Waals surface area contributed by atoms with Crippen molar-refractivity contribution >= 4 is 11.9 Å². The van der Waals surface area contributed by atoms with E-state index in [0.29, 0.717) is 12.8 Å². The minimum Gasteiger partial charge on any atom is -0.480 e. The fourth-order valence-corrected chi connectivity index (χ4v) is 0.530. The van der Waals surface area contributed by atoms with E-state index in [4.69, 9.17) is 10.8 Å². The van der Waals surface area contributed by atoms with Crippen LogP contribution in [0.4, 0.5) is 0 Å². The van der Waals surface area contributed by atoms with Crippen molar-refractivity contribution in [3.05, 3.63) is 0 Å². The molecule has 0 saturated carbocycles. The number of carboxylic acids is 1. The third-order valence-electron chi connectivity index (χ3n) is 1.20. The van der Waals surface area contributed by atoms with Crippen molar-refractivity contribution in [3.8, 4) is 0 Å². The second kappa shape index (κ2) is 5.54. The third-order valence-corrected chi connectivity index (χ3v) is 1.20. The largest absolute Gasteiger partial charge is 0.480 e. The average molecular weight is 175 g/mol. The normalized spacial score (nSPS) is 12.2. The summed E-state index contributed by atoms with van der Waals surface area (Å²) >= 11 is 0. The van der Waals surface area contributed by atoms with Crippen molar-refractivity contribution in [1.82, 2.24) is 0 Å². The highest BCUT2D eigenvalue weighted by atomic mass is 16.5. The summed E-state index contributed by atoms with van der Waals surface area (Å²) in [6.07, 6.45) is 0.980. The Kier molecular flexibility index (Phi) is 5.03. The molecule has 3 N–H and O–H groups in total. The van der Waals surface area contributed by atoms with E-state index in [1.165, 1.54) is 0 Å². The minimum atomic E-state index is -1.17. The van der Waals surface area contributed by atoms with Gasteiger partial charge in [-0.3, -0.25) is 9.59 Å². The number of carbonyl (C=O) groups excluding carboxylic acids is 1. The number of esters is 1. The van der Waals surface area contributed by atoms with Crippen molar-refractivity contribution in [2.75, 3.05) is 6.61 Å². The van der Waals surface area contributed by atoms with Gasteiger partial charge in [-0.15, -0.1) is 0 Å². The van der Waals surface area contributed by atoms with Crippen LogP contribution < -0.4 is 5.73 Å². The number of hydrogen-bond donors (Lipinski definition) is 2. The molecule has 1 atom stereocenters. The fourth-order valence-electron chi connectivity index (χ4n) is 0.530. The number of ether oxygens (including phenoxy) is 1. The van der Waals surface area contributed by atoms with Gasteiger partial charge in [0.25, 0.3) is 0 Å². The monoisotopic (exact) mass is 175 g/mol. The van der Waals surface area contributed by atoms with E-state index in [0.717, 1.165) is 0 Å². The van der Waals surface area contributed by atoms with Crippen molar-refractivity contribution in [1.29, 1.82) is 0 Å². The molecule has 0 bridgehead atoms. The summed E-state index contributed by atoms with van der Waals surface area (Å²) in [7, 11) is 0. The van der Waals surface area contributed by atoms with Gasteiger partial charge in [0.15, 0.2) is 0 Å². The summed E-state index contributed by atoms with van der Waals surface area (Å²) in [5.41, 5.74) is 5.08. The van der Waals surface area contributed by atoms with E-state index < -0.39 is 18.0 Å². The molecule has 0 saturated heterocycles. The highest BCUT2D eigenvalue weighted by Gasteiger charge is 2.13. The molecule has 0 aromatic carbocycles. The summed E-state index contributed by atoms with van der Waals surface area (Å²) in [5, 5.41) is 8.31. The Balaban J connectivity index is 3.54. The average Bonchev–Trinajstić information content (AvgIpc) is 2.00. The molecule has 0 heterocycles. The van der Waals surface area contributed by atoms with Gasteiger partial charge in [-0.05, 0) is 6.42 Å². The Morgan fingerprint density at radius 1 is 1.58 bits per heavy atom. The van der Waals surface area contributed by atoms with Crippen LogP contribution in [0.2, 0.25) is 0 Å². The first-order chi connectivity index (χ1) is 5.57. The molecule has 0 rings (SSSR count). The number of rotatable bonds is 5. The molecule has 5 heteroatoms. The van der Waals surface area contributed by atoms with E-state index in [-0.39, 0.29) is 6.61 Å². The second-order valence-electron chi connectivity index (χ2n) is 2.38. The van der Waals surface area contributed by atoms with Crippen LogP contribution in [0.25, 0.3) is 0 Å². The molecule has 12 heavy (non-hydrogen) atoms. The van der Waals surface area contributed by atoms with Gasteiger partial charge >= 0.3 is 11.9 Å². The quantitative estimate of drug-likeness (QED) is 0.562. The summed E-state index contributed by atoms with van der Waals surface area (Å²) in [5.74, 6) is -1.58. The third kappa shape index (κ3) is 4.68. The molecular formula is C7H13NO4.